The summed E-state index contributed by atoms with van der Waals surface area (Å²) in [6, 6.07) is 0. The summed E-state index contributed by atoms with van der Waals surface area (Å²) in [5, 5.41) is 0.365. The van der Waals surface area contributed by atoms with Crippen molar-refractivity contribution >= 4 is 9.76 Å². The van der Waals surface area contributed by atoms with E-state index in [0.29, 0.717) is 20.9 Å². The molecule has 0 aromatic rings. The summed E-state index contributed by atoms with van der Waals surface area (Å²) >= 11 is 0. The van der Waals surface area contributed by atoms with Crippen molar-refractivity contribution in [3.63, 3.8) is 0 Å². The van der Waals surface area contributed by atoms with E-state index in [0.717, 1.165) is 0 Å². The molecule has 0 N–H and O–H groups in total. The first kappa shape index (κ1) is 23.2. The molecule has 2 radical (unpaired) electrons. The van der Waals surface area contributed by atoms with Crippen LogP contribution in [0, 0.1) is 0 Å². The normalized spacial score (nSPS) is 13.4. The summed E-state index contributed by atoms with van der Waals surface area (Å²) in [5.41, 5.74) is 0. The Morgan fingerprint density at radius 1 is 0.696 bits per heavy atom. The van der Waals surface area contributed by atoms with Crippen LogP contribution in [-0.4, -0.2) is 15.9 Å². The molecule has 0 rings (SSSR count). The Bertz CT molecular complexity index is 240. The molecule has 0 aliphatic heterocycles. The van der Waals surface area contributed by atoms with E-state index in [1.807, 2.05) is 0 Å². The van der Waals surface area contributed by atoms with E-state index in [4.69, 9.17) is 4.43 Å². The third-order valence-corrected chi connectivity index (χ3v) is 6.23. The summed E-state index contributed by atoms with van der Waals surface area (Å²) in [6.07, 6.45) is 19.7. The first-order chi connectivity index (χ1) is 11.1. The second-order valence-corrected chi connectivity index (χ2v) is 9.63. The number of hydrogen-bond acceptors (Lipinski definition) is 1. The largest absolute Gasteiger partial charge is 0.414 e. The molecule has 23 heavy (non-hydrogen) atoms. The lowest BCUT2D eigenvalue weighted by atomic mass is 10.0. The van der Waals surface area contributed by atoms with Gasteiger partial charge in [-0.1, -0.05) is 112 Å². The predicted molar refractivity (Wildman–Crippen MR) is 106 cm³/mol. The van der Waals surface area contributed by atoms with Crippen molar-refractivity contribution in [2.45, 2.75) is 136 Å². The van der Waals surface area contributed by atoms with E-state index in [9.17, 15) is 0 Å². The van der Waals surface area contributed by atoms with Crippen LogP contribution in [0.5, 0.6) is 0 Å². The Labute approximate surface area is 150 Å². The molecule has 1 unspecified atom stereocenters. The second kappa shape index (κ2) is 15.7. The molecule has 2 heteroatoms. The quantitative estimate of drug-likeness (QED) is 0.194. The molecule has 0 spiro atoms. The van der Waals surface area contributed by atoms with Gasteiger partial charge >= 0.3 is 0 Å². The van der Waals surface area contributed by atoms with Crippen molar-refractivity contribution in [2.75, 3.05) is 0 Å². The zero-order valence-corrected chi connectivity index (χ0v) is 17.9. The highest BCUT2D eigenvalue weighted by atomic mass is 28.2. The van der Waals surface area contributed by atoms with Gasteiger partial charge in [-0.2, -0.15) is 0 Å². The van der Waals surface area contributed by atoms with Crippen molar-refractivity contribution in [1.82, 2.24) is 0 Å². The molecule has 0 saturated carbocycles. The van der Waals surface area contributed by atoms with Crippen LogP contribution in [-0.2, 0) is 4.43 Å². The maximum absolute atomic E-state index is 6.25. The minimum absolute atomic E-state index is 0.365. The van der Waals surface area contributed by atoms with Gasteiger partial charge in [-0.05, 0) is 17.9 Å². The molecule has 0 bridgehead atoms. The molecule has 0 heterocycles. The minimum Gasteiger partial charge on any atom is -0.414 e. The van der Waals surface area contributed by atoms with Crippen LogP contribution in [0.2, 0.25) is 5.04 Å². The fourth-order valence-corrected chi connectivity index (χ4v) is 3.62. The number of unbranched alkanes of at least 4 members (excludes halogenated alkanes) is 9. The SMILES string of the molecule is CCCCCCCCCCCCC(CCC)O[Si]C(C)(C)CC. The van der Waals surface area contributed by atoms with Crippen LogP contribution in [0.25, 0.3) is 0 Å². The van der Waals surface area contributed by atoms with Crippen molar-refractivity contribution in [3.05, 3.63) is 0 Å². The molecule has 0 aliphatic carbocycles. The van der Waals surface area contributed by atoms with Crippen LogP contribution in [0.1, 0.15) is 125 Å². The third-order valence-electron chi connectivity index (χ3n) is 4.88. The lowest BCUT2D eigenvalue weighted by molar-refractivity contribution is 0.175. The lowest BCUT2D eigenvalue weighted by Gasteiger charge is -2.25. The Balaban J connectivity index is 3.57. The van der Waals surface area contributed by atoms with Crippen molar-refractivity contribution < 1.29 is 4.43 Å². The molecular formula is C21H44OSi. The van der Waals surface area contributed by atoms with Gasteiger partial charge in [0.1, 0.15) is 0 Å². The summed E-state index contributed by atoms with van der Waals surface area (Å²) in [7, 11) is 0.661. The Morgan fingerprint density at radius 2 is 1.22 bits per heavy atom. The summed E-state index contributed by atoms with van der Waals surface area (Å²) in [4.78, 5) is 0. The van der Waals surface area contributed by atoms with Crippen molar-refractivity contribution in [3.8, 4) is 0 Å². The molecule has 0 aliphatic rings. The lowest BCUT2D eigenvalue weighted by Crippen LogP contribution is -2.22. The van der Waals surface area contributed by atoms with Gasteiger partial charge in [-0.15, -0.1) is 0 Å². The van der Waals surface area contributed by atoms with Crippen LogP contribution in [0.4, 0.5) is 0 Å². The Morgan fingerprint density at radius 3 is 1.70 bits per heavy atom. The standard InChI is InChI=1S/C21H44OSi/c1-6-9-10-11-12-13-14-15-16-17-19-20(18-7-2)22-23-21(4,5)8-3/h20H,6-19H2,1-5H3. The first-order valence-electron chi connectivity index (χ1n) is 10.5. The highest BCUT2D eigenvalue weighted by Crippen LogP contribution is 2.28. The fourth-order valence-electron chi connectivity index (χ4n) is 2.76. The van der Waals surface area contributed by atoms with Crippen molar-refractivity contribution in [1.29, 1.82) is 0 Å². The van der Waals surface area contributed by atoms with E-state index in [2.05, 4.69) is 34.6 Å². The average Bonchev–Trinajstić information content (AvgIpc) is 2.54. The van der Waals surface area contributed by atoms with Gasteiger partial charge in [0, 0.05) is 6.10 Å². The minimum atomic E-state index is 0.365. The van der Waals surface area contributed by atoms with Gasteiger partial charge in [0.25, 0.3) is 0 Å². The molecular weight excluding hydrogens is 296 g/mol. The number of rotatable bonds is 17. The highest BCUT2D eigenvalue weighted by molar-refractivity contribution is 6.31. The van der Waals surface area contributed by atoms with Gasteiger partial charge < -0.3 is 4.43 Å². The van der Waals surface area contributed by atoms with Gasteiger partial charge in [-0.3, -0.25) is 0 Å². The zero-order valence-electron chi connectivity index (χ0n) is 16.9. The third kappa shape index (κ3) is 15.4. The maximum atomic E-state index is 6.25. The molecule has 0 aromatic heterocycles. The highest BCUT2D eigenvalue weighted by Gasteiger charge is 2.20. The van der Waals surface area contributed by atoms with E-state index < -0.39 is 0 Å². The van der Waals surface area contributed by atoms with Crippen LogP contribution in [0.3, 0.4) is 0 Å². The summed E-state index contributed by atoms with van der Waals surface area (Å²) in [5.74, 6) is 0. The molecule has 1 nitrogen and oxygen atoms in total. The van der Waals surface area contributed by atoms with E-state index in [1.165, 1.54) is 89.9 Å². The first-order valence-corrected chi connectivity index (χ1v) is 11.4. The predicted octanol–water partition coefficient (Wildman–Crippen LogP) is 7.71. The smallest absolute Gasteiger partial charge is 0.236 e. The monoisotopic (exact) mass is 340 g/mol. The summed E-state index contributed by atoms with van der Waals surface area (Å²) in [6.45, 7) is 11.5. The second-order valence-electron chi connectivity index (χ2n) is 7.84. The number of hydrogen-bond donors (Lipinski definition) is 0. The zero-order chi connectivity index (χ0) is 17.4. The Kier molecular flexibility index (Phi) is 15.8. The van der Waals surface area contributed by atoms with Gasteiger partial charge in [0.15, 0.2) is 0 Å². The van der Waals surface area contributed by atoms with Crippen LogP contribution < -0.4 is 0 Å². The fraction of sp³-hybridized carbons (Fsp3) is 1.00. The van der Waals surface area contributed by atoms with E-state index in [-0.39, 0.29) is 0 Å². The summed E-state index contributed by atoms with van der Waals surface area (Å²) < 4.78 is 6.25. The topological polar surface area (TPSA) is 9.23 Å². The maximum Gasteiger partial charge on any atom is 0.236 e. The van der Waals surface area contributed by atoms with Crippen LogP contribution >= 0.6 is 0 Å². The molecule has 1 atom stereocenters. The molecule has 0 aromatic carbocycles. The molecule has 0 saturated heterocycles. The van der Waals surface area contributed by atoms with E-state index >= 15 is 0 Å². The van der Waals surface area contributed by atoms with Gasteiger partial charge in [0.2, 0.25) is 9.76 Å². The van der Waals surface area contributed by atoms with E-state index in [1.54, 1.807) is 0 Å². The van der Waals surface area contributed by atoms with Crippen LogP contribution in [0.15, 0.2) is 0 Å². The molecule has 138 valence electrons. The average molecular weight is 341 g/mol. The van der Waals surface area contributed by atoms with Gasteiger partial charge in [0.05, 0.1) is 0 Å². The molecule has 0 fully saturated rings. The molecule has 0 amide bonds. The van der Waals surface area contributed by atoms with Crippen molar-refractivity contribution in [2.24, 2.45) is 0 Å². The Hall–Kier alpha value is 0.177. The van der Waals surface area contributed by atoms with Gasteiger partial charge in [-0.25, -0.2) is 0 Å².